The topological polar surface area (TPSA) is 41.9 Å². The van der Waals surface area contributed by atoms with E-state index in [0.717, 1.165) is 0 Å². The summed E-state index contributed by atoms with van der Waals surface area (Å²) in [5, 5.41) is 9.22. The second kappa shape index (κ2) is 6.44. The van der Waals surface area contributed by atoms with Crippen molar-refractivity contribution in [1.29, 1.82) is 0 Å². The molecule has 0 saturated carbocycles. The van der Waals surface area contributed by atoms with Gasteiger partial charge < -0.3 is 14.6 Å². The quantitative estimate of drug-likeness (QED) is 0.657. The minimum atomic E-state index is -2.37. The van der Waals surface area contributed by atoms with Crippen LogP contribution in [0.4, 0.5) is 8.78 Å². The molecule has 0 amide bonds. The third-order valence-electron chi connectivity index (χ3n) is 2.72. The van der Waals surface area contributed by atoms with Crippen molar-refractivity contribution in [3.8, 4) is 0 Å². The lowest BCUT2D eigenvalue weighted by Gasteiger charge is -2.43. The highest BCUT2D eigenvalue weighted by molar-refractivity contribution is 4.88. The van der Waals surface area contributed by atoms with Crippen LogP contribution >= 0.6 is 0 Å². The first kappa shape index (κ1) is 13.8. The van der Waals surface area contributed by atoms with E-state index < -0.39 is 6.43 Å². The summed E-state index contributed by atoms with van der Waals surface area (Å²) in [4.78, 5) is 1.62. The summed E-state index contributed by atoms with van der Waals surface area (Å²) in [7, 11) is 1.54. The predicted octanol–water partition coefficient (Wildman–Crippen LogP) is 0.209. The molecule has 4 nitrogen and oxygen atoms in total. The van der Waals surface area contributed by atoms with E-state index in [1.165, 1.54) is 7.11 Å². The second-order valence-electron chi connectivity index (χ2n) is 4.27. The maximum Gasteiger partial charge on any atom is 0.251 e. The zero-order chi connectivity index (χ0) is 12.0. The number of nitrogens with zero attached hydrogens (tertiary/aromatic N) is 1. The van der Waals surface area contributed by atoms with Crippen molar-refractivity contribution in [2.45, 2.75) is 6.43 Å². The van der Waals surface area contributed by atoms with Gasteiger partial charge in [-0.15, -0.1) is 0 Å². The van der Waals surface area contributed by atoms with Crippen LogP contribution in [0.5, 0.6) is 0 Å². The standard InChI is InChI=1S/C10H19F2NO3/c1-15-3-2-13(4-9(11)12)5-10(6-14)7-16-8-10/h9,14H,2-8H2,1H3. The second-order valence-corrected chi connectivity index (χ2v) is 4.27. The summed E-state index contributed by atoms with van der Waals surface area (Å²) < 4.78 is 34.6. The first-order chi connectivity index (χ1) is 7.62. The predicted molar refractivity (Wildman–Crippen MR) is 54.7 cm³/mol. The Morgan fingerprint density at radius 3 is 2.56 bits per heavy atom. The van der Waals surface area contributed by atoms with Gasteiger partial charge in [0.05, 0.1) is 38.4 Å². The van der Waals surface area contributed by atoms with Crippen molar-refractivity contribution in [2.75, 3.05) is 53.2 Å². The van der Waals surface area contributed by atoms with E-state index in [9.17, 15) is 13.9 Å². The lowest BCUT2D eigenvalue weighted by atomic mass is 9.86. The van der Waals surface area contributed by atoms with Crippen molar-refractivity contribution in [1.82, 2.24) is 4.90 Å². The number of ether oxygens (including phenoxy) is 2. The van der Waals surface area contributed by atoms with Crippen molar-refractivity contribution >= 4 is 0 Å². The first-order valence-electron chi connectivity index (χ1n) is 5.30. The molecule has 0 atom stereocenters. The Morgan fingerprint density at radius 2 is 2.19 bits per heavy atom. The molecule has 0 aromatic rings. The molecule has 96 valence electrons. The van der Waals surface area contributed by atoms with Crippen LogP contribution in [0, 0.1) is 5.41 Å². The molecule has 1 saturated heterocycles. The van der Waals surface area contributed by atoms with E-state index in [-0.39, 0.29) is 18.6 Å². The van der Waals surface area contributed by atoms with Crippen LogP contribution in [0.1, 0.15) is 0 Å². The number of aliphatic hydroxyl groups is 1. The van der Waals surface area contributed by atoms with E-state index in [1.54, 1.807) is 4.90 Å². The smallest absolute Gasteiger partial charge is 0.251 e. The molecular weight excluding hydrogens is 220 g/mol. The minimum absolute atomic E-state index is 0.0281. The van der Waals surface area contributed by atoms with Gasteiger partial charge >= 0.3 is 0 Å². The lowest BCUT2D eigenvalue weighted by molar-refractivity contribution is -0.151. The maximum absolute atomic E-state index is 12.3. The lowest BCUT2D eigenvalue weighted by Crippen LogP contribution is -2.54. The van der Waals surface area contributed by atoms with Crippen LogP contribution in [0.3, 0.4) is 0 Å². The highest BCUT2D eigenvalue weighted by Gasteiger charge is 2.39. The van der Waals surface area contributed by atoms with Gasteiger partial charge in [-0.1, -0.05) is 0 Å². The first-order valence-corrected chi connectivity index (χ1v) is 5.30. The zero-order valence-electron chi connectivity index (χ0n) is 9.49. The number of rotatable bonds is 8. The number of aliphatic hydroxyl groups excluding tert-OH is 1. The third kappa shape index (κ3) is 3.93. The SMILES string of the molecule is COCCN(CC(F)F)CC1(CO)COC1. The largest absolute Gasteiger partial charge is 0.396 e. The van der Waals surface area contributed by atoms with Crippen LogP contribution in [-0.4, -0.2) is 69.6 Å². The molecule has 0 aromatic carbocycles. The number of alkyl halides is 2. The van der Waals surface area contributed by atoms with E-state index >= 15 is 0 Å². The van der Waals surface area contributed by atoms with Crippen LogP contribution < -0.4 is 0 Å². The summed E-state index contributed by atoms with van der Waals surface area (Å²) in [5.74, 6) is 0. The van der Waals surface area contributed by atoms with Gasteiger partial charge in [0, 0.05) is 20.2 Å². The average molecular weight is 239 g/mol. The molecule has 0 aliphatic carbocycles. The zero-order valence-corrected chi connectivity index (χ0v) is 9.49. The fourth-order valence-electron chi connectivity index (χ4n) is 1.75. The Labute approximate surface area is 94.1 Å². The van der Waals surface area contributed by atoms with Crippen LogP contribution in [0.25, 0.3) is 0 Å². The van der Waals surface area contributed by atoms with Crippen LogP contribution in [0.15, 0.2) is 0 Å². The molecule has 0 unspecified atom stereocenters. The molecule has 1 fully saturated rings. The Kier molecular flexibility index (Phi) is 5.54. The van der Waals surface area contributed by atoms with Gasteiger partial charge in [-0.05, 0) is 0 Å². The molecule has 1 rings (SSSR count). The number of halogens is 2. The highest BCUT2D eigenvalue weighted by Crippen LogP contribution is 2.28. The summed E-state index contributed by atoms with van der Waals surface area (Å²) in [6, 6.07) is 0. The van der Waals surface area contributed by atoms with Crippen molar-refractivity contribution < 1.29 is 23.4 Å². The average Bonchev–Trinajstić information content (AvgIpc) is 2.19. The molecule has 0 radical (unpaired) electrons. The number of hydrogen-bond donors (Lipinski definition) is 1. The van der Waals surface area contributed by atoms with Crippen molar-refractivity contribution in [3.05, 3.63) is 0 Å². The molecule has 1 aliphatic heterocycles. The monoisotopic (exact) mass is 239 g/mol. The highest BCUT2D eigenvalue weighted by atomic mass is 19.3. The molecule has 0 bridgehead atoms. The van der Waals surface area contributed by atoms with E-state index in [2.05, 4.69) is 0 Å². The molecule has 0 aromatic heterocycles. The third-order valence-corrected chi connectivity index (χ3v) is 2.72. The van der Waals surface area contributed by atoms with Crippen LogP contribution in [-0.2, 0) is 9.47 Å². The van der Waals surface area contributed by atoms with E-state index in [1.807, 2.05) is 0 Å². The summed E-state index contributed by atoms with van der Waals surface area (Å²) in [6.07, 6.45) is -2.37. The maximum atomic E-state index is 12.3. The van der Waals surface area contributed by atoms with Crippen LogP contribution in [0.2, 0.25) is 0 Å². The number of methoxy groups -OCH3 is 1. The minimum Gasteiger partial charge on any atom is -0.396 e. The fraction of sp³-hybridized carbons (Fsp3) is 1.00. The van der Waals surface area contributed by atoms with E-state index in [0.29, 0.717) is 32.9 Å². The summed E-state index contributed by atoms with van der Waals surface area (Å²) in [5.41, 5.74) is -0.359. The molecule has 1 N–H and O–H groups in total. The number of hydrogen-bond acceptors (Lipinski definition) is 4. The van der Waals surface area contributed by atoms with Gasteiger partial charge in [-0.25, -0.2) is 8.78 Å². The Hall–Kier alpha value is -0.300. The van der Waals surface area contributed by atoms with Crippen molar-refractivity contribution in [2.24, 2.45) is 5.41 Å². The Balaban J connectivity index is 2.41. The van der Waals surface area contributed by atoms with Gasteiger partial charge in [0.25, 0.3) is 6.43 Å². The summed E-state index contributed by atoms with van der Waals surface area (Å²) >= 11 is 0. The van der Waals surface area contributed by atoms with Gasteiger partial charge in [0.15, 0.2) is 0 Å². The van der Waals surface area contributed by atoms with E-state index in [4.69, 9.17) is 9.47 Å². The molecular formula is C10H19F2NO3. The van der Waals surface area contributed by atoms with Gasteiger partial charge in [-0.2, -0.15) is 0 Å². The Morgan fingerprint density at radius 1 is 1.50 bits per heavy atom. The molecule has 16 heavy (non-hydrogen) atoms. The van der Waals surface area contributed by atoms with Gasteiger partial charge in [0.2, 0.25) is 0 Å². The molecule has 0 spiro atoms. The molecule has 1 aliphatic rings. The Bertz CT molecular complexity index is 195. The van der Waals surface area contributed by atoms with Gasteiger partial charge in [0.1, 0.15) is 0 Å². The molecule has 6 heteroatoms. The van der Waals surface area contributed by atoms with Crippen molar-refractivity contribution in [3.63, 3.8) is 0 Å². The molecule has 1 heterocycles. The summed E-state index contributed by atoms with van der Waals surface area (Å²) in [6.45, 7) is 1.85. The fourth-order valence-corrected chi connectivity index (χ4v) is 1.75. The van der Waals surface area contributed by atoms with Gasteiger partial charge in [-0.3, -0.25) is 4.90 Å². The normalized spacial score (nSPS) is 19.1.